The molecule has 1 aliphatic rings. The summed E-state index contributed by atoms with van der Waals surface area (Å²) in [5, 5.41) is 6.66. The van der Waals surface area contributed by atoms with E-state index in [-0.39, 0.29) is 0 Å². The van der Waals surface area contributed by atoms with Crippen molar-refractivity contribution in [2.24, 2.45) is 11.7 Å². The normalized spacial score (nSPS) is 18.0. The van der Waals surface area contributed by atoms with Crippen LogP contribution in [0.3, 0.4) is 0 Å². The van der Waals surface area contributed by atoms with Gasteiger partial charge in [0.2, 0.25) is 0 Å². The lowest BCUT2D eigenvalue weighted by Crippen LogP contribution is -2.28. The van der Waals surface area contributed by atoms with E-state index >= 15 is 0 Å². The van der Waals surface area contributed by atoms with Crippen LogP contribution in [0.4, 0.5) is 0 Å². The Labute approximate surface area is 95.1 Å². The Hall–Kier alpha value is -0.450. The number of nitrogens with zero attached hydrogens (tertiary/aromatic N) is 1. The van der Waals surface area contributed by atoms with Gasteiger partial charge in [0.25, 0.3) is 0 Å². The van der Waals surface area contributed by atoms with Crippen molar-refractivity contribution in [2.45, 2.75) is 38.8 Å². The molecule has 4 heteroatoms. The first kappa shape index (κ1) is 11.0. The quantitative estimate of drug-likeness (QED) is 0.724. The average Bonchev–Trinajstić information content (AvgIpc) is 2.98. The molecule has 3 nitrogen and oxygen atoms in total. The molecule has 1 aromatic heterocycles. The van der Waals surface area contributed by atoms with Crippen LogP contribution in [0.25, 0.3) is 0 Å². The number of nitrogens with one attached hydrogen (secondary N) is 1. The monoisotopic (exact) mass is 225 g/mol. The van der Waals surface area contributed by atoms with Crippen LogP contribution in [0.5, 0.6) is 0 Å². The zero-order chi connectivity index (χ0) is 10.7. The lowest BCUT2D eigenvalue weighted by Gasteiger charge is -2.09. The van der Waals surface area contributed by atoms with Gasteiger partial charge in [-0.2, -0.15) is 0 Å². The van der Waals surface area contributed by atoms with E-state index < -0.39 is 0 Å². The minimum Gasteiger partial charge on any atom is -0.327 e. The van der Waals surface area contributed by atoms with E-state index in [9.17, 15) is 0 Å². The van der Waals surface area contributed by atoms with E-state index in [4.69, 9.17) is 5.73 Å². The van der Waals surface area contributed by atoms with Gasteiger partial charge in [-0.1, -0.05) is 0 Å². The third kappa shape index (κ3) is 3.55. The minimum atomic E-state index is 0.413. The summed E-state index contributed by atoms with van der Waals surface area (Å²) in [5.41, 5.74) is 7.13. The van der Waals surface area contributed by atoms with Crippen molar-refractivity contribution in [2.75, 3.05) is 6.54 Å². The minimum absolute atomic E-state index is 0.413. The molecule has 0 aliphatic heterocycles. The van der Waals surface area contributed by atoms with Gasteiger partial charge in [-0.05, 0) is 38.6 Å². The Morgan fingerprint density at radius 3 is 3.07 bits per heavy atom. The van der Waals surface area contributed by atoms with Crippen molar-refractivity contribution in [3.63, 3.8) is 0 Å². The number of aryl methyl sites for hydroxylation is 1. The van der Waals surface area contributed by atoms with Gasteiger partial charge in [-0.3, -0.25) is 0 Å². The third-order valence-corrected chi connectivity index (χ3v) is 3.79. The standard InChI is InChI=1S/C11H19N3S/c1-8-7-15-11(14-8)6-13-5-4-10(12)9-2-3-9/h7,9-10,13H,2-6,12H2,1H3. The predicted octanol–water partition coefficient (Wildman–Crippen LogP) is 1.67. The summed E-state index contributed by atoms with van der Waals surface area (Å²) in [6, 6.07) is 0.413. The molecule has 1 aliphatic carbocycles. The Bertz CT molecular complexity index is 307. The molecule has 1 aromatic rings. The largest absolute Gasteiger partial charge is 0.327 e. The van der Waals surface area contributed by atoms with Gasteiger partial charge in [0.15, 0.2) is 0 Å². The molecule has 1 heterocycles. The van der Waals surface area contributed by atoms with Crippen molar-refractivity contribution in [1.29, 1.82) is 0 Å². The van der Waals surface area contributed by atoms with Gasteiger partial charge in [0.05, 0.1) is 0 Å². The maximum absolute atomic E-state index is 6.01. The maximum atomic E-state index is 6.01. The fourth-order valence-corrected chi connectivity index (χ4v) is 2.45. The summed E-state index contributed by atoms with van der Waals surface area (Å²) in [6.07, 6.45) is 3.77. The van der Waals surface area contributed by atoms with Gasteiger partial charge in [0, 0.05) is 23.7 Å². The van der Waals surface area contributed by atoms with E-state index in [0.717, 1.165) is 31.1 Å². The van der Waals surface area contributed by atoms with Gasteiger partial charge >= 0.3 is 0 Å². The molecule has 0 amide bonds. The Balaban J connectivity index is 1.58. The molecule has 0 spiro atoms. The lowest BCUT2D eigenvalue weighted by molar-refractivity contribution is 0.517. The Morgan fingerprint density at radius 2 is 2.47 bits per heavy atom. The summed E-state index contributed by atoms with van der Waals surface area (Å²) >= 11 is 1.72. The van der Waals surface area contributed by atoms with Gasteiger partial charge in [0.1, 0.15) is 5.01 Å². The molecule has 0 aromatic carbocycles. The first-order valence-corrected chi connectivity index (χ1v) is 6.51. The van der Waals surface area contributed by atoms with Crippen LogP contribution in [0.15, 0.2) is 5.38 Å². The van der Waals surface area contributed by atoms with Gasteiger partial charge in [-0.15, -0.1) is 11.3 Å². The second-order valence-corrected chi connectivity index (χ2v) is 5.29. The molecule has 84 valence electrons. The summed E-state index contributed by atoms with van der Waals surface area (Å²) in [5.74, 6) is 0.814. The predicted molar refractivity (Wildman–Crippen MR) is 63.9 cm³/mol. The van der Waals surface area contributed by atoms with Crippen molar-refractivity contribution in [1.82, 2.24) is 10.3 Å². The zero-order valence-corrected chi connectivity index (χ0v) is 10.0. The highest BCUT2D eigenvalue weighted by molar-refractivity contribution is 7.09. The number of hydrogen-bond acceptors (Lipinski definition) is 4. The number of hydrogen-bond donors (Lipinski definition) is 2. The highest BCUT2D eigenvalue weighted by atomic mass is 32.1. The smallest absolute Gasteiger partial charge is 0.107 e. The fraction of sp³-hybridized carbons (Fsp3) is 0.727. The molecule has 0 bridgehead atoms. The SMILES string of the molecule is Cc1csc(CNCCC(N)C2CC2)n1. The van der Waals surface area contributed by atoms with Crippen molar-refractivity contribution >= 4 is 11.3 Å². The Kier molecular flexibility index (Phi) is 3.72. The van der Waals surface area contributed by atoms with Crippen LogP contribution < -0.4 is 11.1 Å². The molecule has 1 saturated carbocycles. The van der Waals surface area contributed by atoms with E-state index in [1.165, 1.54) is 17.8 Å². The van der Waals surface area contributed by atoms with Crippen molar-refractivity contribution in [3.05, 3.63) is 16.1 Å². The van der Waals surface area contributed by atoms with Crippen LogP contribution in [0.1, 0.15) is 30.0 Å². The molecular formula is C11H19N3S. The lowest BCUT2D eigenvalue weighted by atomic mass is 10.1. The molecule has 2 rings (SSSR count). The maximum Gasteiger partial charge on any atom is 0.107 e. The van der Waals surface area contributed by atoms with Crippen molar-refractivity contribution < 1.29 is 0 Å². The van der Waals surface area contributed by atoms with Gasteiger partial charge < -0.3 is 11.1 Å². The second-order valence-electron chi connectivity index (χ2n) is 4.35. The number of aromatic nitrogens is 1. The molecule has 15 heavy (non-hydrogen) atoms. The summed E-state index contributed by atoms with van der Waals surface area (Å²) in [4.78, 5) is 4.40. The molecule has 1 unspecified atom stereocenters. The molecule has 1 fully saturated rings. The first-order valence-electron chi connectivity index (χ1n) is 5.63. The van der Waals surface area contributed by atoms with Crippen LogP contribution in [-0.2, 0) is 6.54 Å². The van der Waals surface area contributed by atoms with Crippen LogP contribution in [0.2, 0.25) is 0 Å². The molecule has 1 atom stereocenters. The number of rotatable bonds is 6. The fourth-order valence-electron chi connectivity index (χ4n) is 1.71. The molecule has 0 saturated heterocycles. The number of nitrogens with two attached hydrogens (primary N) is 1. The van der Waals surface area contributed by atoms with Crippen LogP contribution in [-0.4, -0.2) is 17.6 Å². The van der Waals surface area contributed by atoms with E-state index in [1.807, 2.05) is 6.92 Å². The first-order chi connectivity index (χ1) is 7.25. The van der Waals surface area contributed by atoms with E-state index in [2.05, 4.69) is 15.7 Å². The third-order valence-electron chi connectivity index (χ3n) is 2.82. The summed E-state index contributed by atoms with van der Waals surface area (Å²) < 4.78 is 0. The topological polar surface area (TPSA) is 50.9 Å². The number of thiazole rings is 1. The zero-order valence-electron chi connectivity index (χ0n) is 9.20. The van der Waals surface area contributed by atoms with Crippen LogP contribution >= 0.6 is 11.3 Å². The van der Waals surface area contributed by atoms with Crippen LogP contribution in [0, 0.1) is 12.8 Å². The molecular weight excluding hydrogens is 206 g/mol. The second kappa shape index (κ2) is 5.05. The van der Waals surface area contributed by atoms with E-state index in [0.29, 0.717) is 6.04 Å². The summed E-state index contributed by atoms with van der Waals surface area (Å²) in [6.45, 7) is 3.93. The highest BCUT2D eigenvalue weighted by Gasteiger charge is 2.27. The average molecular weight is 225 g/mol. The van der Waals surface area contributed by atoms with E-state index in [1.54, 1.807) is 11.3 Å². The molecule has 0 radical (unpaired) electrons. The highest BCUT2D eigenvalue weighted by Crippen LogP contribution is 2.32. The molecule has 3 N–H and O–H groups in total. The Morgan fingerprint density at radius 1 is 1.67 bits per heavy atom. The van der Waals surface area contributed by atoms with Crippen molar-refractivity contribution in [3.8, 4) is 0 Å². The van der Waals surface area contributed by atoms with Gasteiger partial charge in [-0.25, -0.2) is 4.98 Å². The summed E-state index contributed by atoms with van der Waals surface area (Å²) in [7, 11) is 0.